The van der Waals surface area contributed by atoms with E-state index in [-0.39, 0.29) is 17.8 Å². The number of nitrogens with zero attached hydrogens (tertiary/aromatic N) is 3. The molecule has 3 aromatic carbocycles. The highest BCUT2D eigenvalue weighted by Crippen LogP contribution is 2.37. The monoisotopic (exact) mass is 557 g/mol. The first-order valence-electron chi connectivity index (χ1n) is 14.2. The largest absolute Gasteiger partial charge is 0.492 e. The van der Waals surface area contributed by atoms with Gasteiger partial charge in [0.25, 0.3) is 0 Å². The third-order valence-electron chi connectivity index (χ3n) is 7.09. The lowest BCUT2D eigenvalue weighted by Crippen LogP contribution is -2.39. The molecule has 1 amide bonds. The Labute approximate surface area is 239 Å². The first-order chi connectivity index (χ1) is 19.9. The van der Waals surface area contributed by atoms with Crippen LogP contribution in [-0.2, 0) is 11.3 Å². The predicted octanol–water partition coefficient (Wildman–Crippen LogP) is 6.27. The Balaban J connectivity index is 1.29. The van der Waals surface area contributed by atoms with Gasteiger partial charge in [-0.05, 0) is 62.6 Å². The summed E-state index contributed by atoms with van der Waals surface area (Å²) in [7, 11) is 0. The molecule has 0 aliphatic carbocycles. The summed E-state index contributed by atoms with van der Waals surface area (Å²) in [4.78, 5) is 23.7. The Morgan fingerprint density at radius 2 is 1.63 bits per heavy atom. The second-order valence-corrected chi connectivity index (χ2v) is 10.1. The van der Waals surface area contributed by atoms with Crippen LogP contribution in [0.4, 0.5) is 16.0 Å². The minimum absolute atomic E-state index is 0.175. The van der Waals surface area contributed by atoms with Gasteiger partial charge in [0.1, 0.15) is 23.0 Å². The summed E-state index contributed by atoms with van der Waals surface area (Å²) < 4.78 is 26.4. The number of carbonyl (C=O) groups excluding carboxylic acids is 1. The Bertz CT molecular complexity index is 1490. The van der Waals surface area contributed by atoms with E-state index in [4.69, 9.17) is 19.4 Å². The van der Waals surface area contributed by atoms with E-state index < -0.39 is 0 Å². The zero-order chi connectivity index (χ0) is 28.8. The first-order valence-corrected chi connectivity index (χ1v) is 14.2. The van der Waals surface area contributed by atoms with Crippen molar-refractivity contribution >= 4 is 28.4 Å². The number of amides is 1. The maximum absolute atomic E-state index is 14.7. The molecule has 1 aliphatic heterocycles. The summed E-state index contributed by atoms with van der Waals surface area (Å²) in [6.07, 6.45) is 1.82. The van der Waals surface area contributed by atoms with E-state index in [0.717, 1.165) is 48.9 Å². The van der Waals surface area contributed by atoms with E-state index in [9.17, 15) is 9.18 Å². The summed E-state index contributed by atoms with van der Waals surface area (Å²) in [5.74, 6) is 1.25. The van der Waals surface area contributed by atoms with Crippen molar-refractivity contribution in [3.05, 3.63) is 72.0 Å². The van der Waals surface area contributed by atoms with Crippen LogP contribution in [0.25, 0.3) is 22.2 Å². The lowest BCUT2D eigenvalue weighted by molar-refractivity contribution is -0.114. The number of hydrogen-bond acceptors (Lipinski definition) is 7. The number of nitrogens with one attached hydrogen (secondary N) is 2. The van der Waals surface area contributed by atoms with Gasteiger partial charge in [0.05, 0.1) is 24.4 Å². The predicted molar refractivity (Wildman–Crippen MR) is 160 cm³/mol. The molecule has 9 heteroatoms. The molecule has 1 aliphatic rings. The lowest BCUT2D eigenvalue weighted by Gasteiger charge is -2.32. The van der Waals surface area contributed by atoms with Crippen LogP contribution in [0.1, 0.15) is 39.2 Å². The fourth-order valence-electron chi connectivity index (χ4n) is 5.25. The van der Waals surface area contributed by atoms with Crippen molar-refractivity contribution in [2.24, 2.45) is 0 Å². The van der Waals surface area contributed by atoms with Gasteiger partial charge in [-0.15, -0.1) is 0 Å². The lowest BCUT2D eigenvalue weighted by atomic mass is 10.0. The topological polar surface area (TPSA) is 88.6 Å². The van der Waals surface area contributed by atoms with Gasteiger partial charge < -0.3 is 20.1 Å². The number of hydrogen-bond donors (Lipinski definition) is 2. The number of piperidine rings is 1. The number of likely N-dealkylation sites (tertiary alicyclic amines) is 1. The minimum atomic E-state index is -0.305. The molecule has 0 bridgehead atoms. The molecule has 2 heterocycles. The molecule has 1 saturated heterocycles. The zero-order valence-electron chi connectivity index (χ0n) is 23.7. The Kier molecular flexibility index (Phi) is 8.94. The fraction of sp³-hybridized carbons (Fsp3) is 0.344. The van der Waals surface area contributed by atoms with Crippen LogP contribution < -0.4 is 20.1 Å². The highest BCUT2D eigenvalue weighted by Gasteiger charge is 2.23. The van der Waals surface area contributed by atoms with E-state index >= 15 is 0 Å². The molecule has 1 fully saturated rings. The van der Waals surface area contributed by atoms with Crippen LogP contribution >= 0.6 is 0 Å². The molecule has 5 rings (SSSR count). The summed E-state index contributed by atoms with van der Waals surface area (Å²) in [6.45, 7) is 8.77. The molecule has 0 saturated carbocycles. The number of ether oxygens (including phenoxy) is 2. The standard InChI is InChI=1S/C32H36FN5O3/c1-4-40-28-18-22(19-29(41-5-2)31(28)34-21(3)39)20-38-16-14-23(15-17-38)35-32-36-27-13-9-7-11-25(27)30(37-32)24-10-6-8-12-26(24)33/h6-13,18-19,23H,4-5,14-17,20H2,1-3H3,(H,34,39)(H,35,36,37). The Morgan fingerprint density at radius 1 is 0.976 bits per heavy atom. The van der Waals surface area contributed by atoms with E-state index in [1.54, 1.807) is 12.1 Å². The molecule has 0 spiro atoms. The van der Waals surface area contributed by atoms with E-state index in [1.807, 2.05) is 56.3 Å². The van der Waals surface area contributed by atoms with Gasteiger partial charge in [-0.25, -0.2) is 14.4 Å². The highest BCUT2D eigenvalue weighted by molar-refractivity contribution is 5.93. The number of aromatic nitrogens is 2. The third kappa shape index (κ3) is 6.74. The number of rotatable bonds is 10. The summed E-state index contributed by atoms with van der Waals surface area (Å²) in [5, 5.41) is 7.19. The number of para-hydroxylation sites is 1. The Morgan fingerprint density at radius 3 is 2.29 bits per heavy atom. The molecule has 4 aromatic rings. The number of anilines is 2. The van der Waals surface area contributed by atoms with Crippen molar-refractivity contribution in [1.29, 1.82) is 0 Å². The summed E-state index contributed by atoms with van der Waals surface area (Å²) in [6, 6.07) is 18.6. The molecule has 0 atom stereocenters. The highest BCUT2D eigenvalue weighted by atomic mass is 19.1. The molecule has 0 radical (unpaired) electrons. The van der Waals surface area contributed by atoms with Gasteiger partial charge in [-0.2, -0.15) is 0 Å². The number of carbonyl (C=O) groups is 1. The smallest absolute Gasteiger partial charge is 0.224 e. The van der Waals surface area contributed by atoms with Crippen molar-refractivity contribution in [3.8, 4) is 22.8 Å². The SMILES string of the molecule is CCOc1cc(CN2CCC(Nc3nc(-c4ccccc4F)c4ccccc4n3)CC2)cc(OCC)c1NC(C)=O. The average molecular weight is 558 g/mol. The van der Waals surface area contributed by atoms with Gasteiger partial charge in [-0.1, -0.05) is 30.3 Å². The third-order valence-corrected chi connectivity index (χ3v) is 7.09. The van der Waals surface area contributed by atoms with Crippen LogP contribution in [0.5, 0.6) is 11.5 Å². The van der Waals surface area contributed by atoms with E-state index in [0.29, 0.717) is 47.6 Å². The molecule has 1 aromatic heterocycles. The van der Waals surface area contributed by atoms with Crippen molar-refractivity contribution < 1.29 is 18.7 Å². The maximum Gasteiger partial charge on any atom is 0.224 e. The molecular formula is C32H36FN5O3. The molecule has 0 unspecified atom stereocenters. The van der Waals surface area contributed by atoms with Crippen LogP contribution in [-0.4, -0.2) is 53.1 Å². The van der Waals surface area contributed by atoms with Crippen molar-refractivity contribution in [1.82, 2.24) is 14.9 Å². The van der Waals surface area contributed by atoms with Crippen LogP contribution in [0.15, 0.2) is 60.7 Å². The van der Waals surface area contributed by atoms with Crippen molar-refractivity contribution in [3.63, 3.8) is 0 Å². The van der Waals surface area contributed by atoms with Gasteiger partial charge >= 0.3 is 0 Å². The van der Waals surface area contributed by atoms with Crippen LogP contribution in [0.3, 0.4) is 0 Å². The summed E-state index contributed by atoms with van der Waals surface area (Å²) in [5.41, 5.74) is 3.46. The number of fused-ring (bicyclic) bond motifs is 1. The van der Waals surface area contributed by atoms with Crippen LogP contribution in [0, 0.1) is 5.82 Å². The van der Waals surface area contributed by atoms with Gasteiger partial charge in [0.2, 0.25) is 11.9 Å². The van der Waals surface area contributed by atoms with Crippen molar-refractivity contribution in [2.75, 3.05) is 36.9 Å². The Hall–Kier alpha value is -4.24. The van der Waals surface area contributed by atoms with E-state index in [2.05, 4.69) is 15.5 Å². The van der Waals surface area contributed by atoms with Crippen LogP contribution in [0.2, 0.25) is 0 Å². The second-order valence-electron chi connectivity index (χ2n) is 10.1. The first kappa shape index (κ1) is 28.3. The minimum Gasteiger partial charge on any atom is -0.492 e. The quantitative estimate of drug-likeness (QED) is 0.238. The number of halogens is 1. The second kappa shape index (κ2) is 13.0. The molecule has 41 heavy (non-hydrogen) atoms. The molecular weight excluding hydrogens is 521 g/mol. The van der Waals surface area contributed by atoms with Crippen molar-refractivity contribution in [2.45, 2.75) is 46.2 Å². The van der Waals surface area contributed by atoms with Gasteiger partial charge in [0.15, 0.2) is 0 Å². The molecule has 2 N–H and O–H groups in total. The fourth-order valence-corrected chi connectivity index (χ4v) is 5.25. The van der Waals surface area contributed by atoms with Gasteiger partial charge in [-0.3, -0.25) is 9.69 Å². The van der Waals surface area contributed by atoms with Gasteiger partial charge in [0, 0.05) is 43.5 Å². The molecule has 8 nitrogen and oxygen atoms in total. The molecule has 214 valence electrons. The zero-order valence-corrected chi connectivity index (χ0v) is 23.7. The average Bonchev–Trinajstić information content (AvgIpc) is 2.96. The maximum atomic E-state index is 14.7. The summed E-state index contributed by atoms with van der Waals surface area (Å²) >= 11 is 0. The van der Waals surface area contributed by atoms with E-state index in [1.165, 1.54) is 13.0 Å². The normalized spacial score (nSPS) is 14.1. The number of benzene rings is 3.